The Morgan fingerprint density at radius 1 is 1.14 bits per heavy atom. The Kier molecular flexibility index (Phi) is 8.10. The van der Waals surface area contributed by atoms with Gasteiger partial charge >= 0.3 is 0 Å². The molecule has 2 aromatic rings. The molecule has 8 heteroatoms. The van der Waals surface area contributed by atoms with Gasteiger partial charge in [-0.1, -0.05) is 18.2 Å². The first-order chi connectivity index (χ1) is 13.3. The number of hydrogen-bond acceptors (Lipinski definition) is 6. The molecule has 0 aliphatic heterocycles. The molecule has 154 valence electrons. The molecular formula is C20H28N2O5S. The first-order valence-electron chi connectivity index (χ1n) is 8.98. The fraction of sp³-hybridized carbons (Fsp3) is 0.400. The predicted octanol–water partition coefficient (Wildman–Crippen LogP) is 1.66. The summed E-state index contributed by atoms with van der Waals surface area (Å²) in [5.74, 6) is 1.43. The Morgan fingerprint density at radius 3 is 2.46 bits per heavy atom. The molecule has 7 nitrogen and oxygen atoms in total. The molecule has 0 heterocycles. The number of nitrogens with zero attached hydrogens (tertiary/aromatic N) is 1. The van der Waals surface area contributed by atoms with Crippen molar-refractivity contribution in [1.29, 1.82) is 0 Å². The van der Waals surface area contributed by atoms with Crippen LogP contribution >= 0.6 is 0 Å². The van der Waals surface area contributed by atoms with Crippen molar-refractivity contribution in [2.75, 3.05) is 44.4 Å². The highest BCUT2D eigenvalue weighted by molar-refractivity contribution is 7.92. The lowest BCUT2D eigenvalue weighted by Crippen LogP contribution is -2.32. The summed E-state index contributed by atoms with van der Waals surface area (Å²) < 4.78 is 35.1. The zero-order valence-electron chi connectivity index (χ0n) is 16.5. The van der Waals surface area contributed by atoms with E-state index in [0.29, 0.717) is 24.5 Å². The maximum atomic E-state index is 11.5. The van der Waals surface area contributed by atoms with E-state index in [1.807, 2.05) is 24.3 Å². The molecule has 2 rings (SSSR count). The van der Waals surface area contributed by atoms with Crippen LogP contribution in [-0.4, -0.2) is 59.7 Å². The topological polar surface area (TPSA) is 88.1 Å². The van der Waals surface area contributed by atoms with E-state index in [2.05, 4.69) is 5.32 Å². The van der Waals surface area contributed by atoms with Gasteiger partial charge in [-0.25, -0.2) is 8.42 Å². The van der Waals surface area contributed by atoms with Gasteiger partial charge in [0.2, 0.25) is 10.0 Å². The lowest BCUT2D eigenvalue weighted by atomic mass is 10.1. The summed E-state index contributed by atoms with van der Waals surface area (Å²) >= 11 is 0. The lowest BCUT2D eigenvalue weighted by molar-refractivity contribution is 0.106. The van der Waals surface area contributed by atoms with Gasteiger partial charge in [0.25, 0.3) is 0 Å². The normalized spacial score (nSPS) is 12.4. The van der Waals surface area contributed by atoms with Crippen molar-refractivity contribution in [3.05, 3.63) is 54.1 Å². The van der Waals surface area contributed by atoms with E-state index in [1.165, 1.54) is 11.4 Å². The highest BCUT2D eigenvalue weighted by atomic mass is 32.2. The van der Waals surface area contributed by atoms with Crippen LogP contribution in [0, 0.1) is 0 Å². The van der Waals surface area contributed by atoms with Gasteiger partial charge in [0.05, 0.1) is 19.1 Å². The van der Waals surface area contributed by atoms with Crippen molar-refractivity contribution < 1.29 is 23.0 Å². The molecule has 0 fully saturated rings. The third kappa shape index (κ3) is 6.70. The summed E-state index contributed by atoms with van der Waals surface area (Å²) in [6.07, 6.45) is 1.29. The minimum Gasteiger partial charge on any atom is -0.496 e. The first-order valence-corrected chi connectivity index (χ1v) is 10.8. The lowest BCUT2D eigenvalue weighted by Gasteiger charge is -2.17. The van der Waals surface area contributed by atoms with E-state index in [9.17, 15) is 13.5 Å². The van der Waals surface area contributed by atoms with E-state index in [1.54, 1.807) is 31.4 Å². The van der Waals surface area contributed by atoms with E-state index >= 15 is 0 Å². The molecule has 28 heavy (non-hydrogen) atoms. The molecule has 0 spiro atoms. The molecule has 0 bridgehead atoms. The second-order valence-corrected chi connectivity index (χ2v) is 8.47. The molecule has 0 aliphatic rings. The third-order valence-electron chi connectivity index (χ3n) is 4.28. The Bertz CT molecular complexity index is 840. The fourth-order valence-corrected chi connectivity index (χ4v) is 3.10. The number of sulfonamides is 1. The second kappa shape index (κ2) is 10.3. The van der Waals surface area contributed by atoms with Gasteiger partial charge in [-0.3, -0.25) is 4.31 Å². The number of methoxy groups -OCH3 is 1. The number of nitrogens with one attached hydrogen (secondary N) is 1. The van der Waals surface area contributed by atoms with Gasteiger partial charge in [-0.15, -0.1) is 0 Å². The summed E-state index contributed by atoms with van der Waals surface area (Å²) in [5.41, 5.74) is 1.66. The van der Waals surface area contributed by atoms with Crippen LogP contribution in [0.15, 0.2) is 48.5 Å². The summed E-state index contributed by atoms with van der Waals surface area (Å²) in [6, 6.07) is 14.5. The van der Waals surface area contributed by atoms with Crippen molar-refractivity contribution in [2.45, 2.75) is 12.5 Å². The van der Waals surface area contributed by atoms with Crippen molar-refractivity contribution in [3.63, 3.8) is 0 Å². The molecule has 1 atom stereocenters. The zero-order chi connectivity index (χ0) is 20.6. The van der Waals surface area contributed by atoms with Crippen LogP contribution in [0.25, 0.3) is 0 Å². The summed E-state index contributed by atoms with van der Waals surface area (Å²) in [5, 5.41) is 13.3. The predicted molar refractivity (Wildman–Crippen MR) is 111 cm³/mol. The van der Waals surface area contributed by atoms with Crippen LogP contribution in [0.3, 0.4) is 0 Å². The Balaban J connectivity index is 1.71. The van der Waals surface area contributed by atoms with Crippen molar-refractivity contribution in [1.82, 2.24) is 5.32 Å². The van der Waals surface area contributed by atoms with Crippen LogP contribution in [-0.2, 0) is 16.4 Å². The van der Waals surface area contributed by atoms with Gasteiger partial charge < -0.3 is 19.9 Å². The van der Waals surface area contributed by atoms with Gasteiger partial charge in [0.15, 0.2) is 0 Å². The number of anilines is 1. The number of benzene rings is 2. The Hall–Kier alpha value is -2.29. The number of hydrogen-bond donors (Lipinski definition) is 2. The van der Waals surface area contributed by atoms with Gasteiger partial charge in [0, 0.05) is 13.6 Å². The molecular weight excluding hydrogens is 380 g/mol. The van der Waals surface area contributed by atoms with Crippen LogP contribution in [0.4, 0.5) is 5.69 Å². The quantitative estimate of drug-likeness (QED) is 0.550. The van der Waals surface area contributed by atoms with Gasteiger partial charge in [-0.2, -0.15) is 0 Å². The molecule has 0 unspecified atom stereocenters. The van der Waals surface area contributed by atoms with Gasteiger partial charge in [-0.05, 0) is 48.9 Å². The Morgan fingerprint density at radius 2 is 1.82 bits per heavy atom. The smallest absolute Gasteiger partial charge is 0.231 e. The molecule has 0 saturated carbocycles. The molecule has 2 N–H and O–H groups in total. The molecule has 0 aliphatic carbocycles. The van der Waals surface area contributed by atoms with E-state index in [0.717, 1.165) is 24.0 Å². The largest absolute Gasteiger partial charge is 0.496 e. The second-order valence-electron chi connectivity index (χ2n) is 6.46. The van der Waals surface area contributed by atoms with E-state index in [4.69, 9.17) is 9.47 Å². The molecule has 2 aromatic carbocycles. The first kappa shape index (κ1) is 22.0. The maximum absolute atomic E-state index is 11.5. The van der Waals surface area contributed by atoms with Gasteiger partial charge in [0.1, 0.15) is 24.2 Å². The molecule has 0 radical (unpaired) electrons. The van der Waals surface area contributed by atoms with Crippen LogP contribution in [0.1, 0.15) is 5.56 Å². The third-order valence-corrected chi connectivity index (χ3v) is 5.49. The van der Waals surface area contributed by atoms with Crippen molar-refractivity contribution in [3.8, 4) is 11.5 Å². The number of para-hydroxylation sites is 1. The van der Waals surface area contributed by atoms with E-state index in [-0.39, 0.29) is 6.61 Å². The number of aliphatic hydroxyl groups is 1. The minimum absolute atomic E-state index is 0.142. The highest BCUT2D eigenvalue weighted by Gasteiger charge is 2.12. The standard InChI is InChI=1S/C20H28N2O5S/c1-22(28(3,24)25)17-8-10-19(11-9-17)27-15-18(23)14-21-13-12-16-6-4-5-7-20(16)26-2/h4-11,18,21,23H,12-15H2,1-3H3/t18-/m0/s1. The minimum atomic E-state index is -3.30. The van der Waals surface area contributed by atoms with Crippen LogP contribution in [0.5, 0.6) is 11.5 Å². The molecule has 0 saturated heterocycles. The van der Waals surface area contributed by atoms with Crippen molar-refractivity contribution in [2.24, 2.45) is 0 Å². The number of rotatable bonds is 11. The van der Waals surface area contributed by atoms with Crippen LogP contribution in [0.2, 0.25) is 0 Å². The Labute approximate surface area is 166 Å². The average molecular weight is 409 g/mol. The summed E-state index contributed by atoms with van der Waals surface area (Å²) in [7, 11) is -0.152. The summed E-state index contributed by atoms with van der Waals surface area (Å²) in [4.78, 5) is 0. The summed E-state index contributed by atoms with van der Waals surface area (Å²) in [6.45, 7) is 1.26. The fourth-order valence-electron chi connectivity index (χ4n) is 2.60. The van der Waals surface area contributed by atoms with Crippen LogP contribution < -0.4 is 19.1 Å². The monoisotopic (exact) mass is 408 g/mol. The number of ether oxygens (including phenoxy) is 2. The highest BCUT2D eigenvalue weighted by Crippen LogP contribution is 2.20. The number of aliphatic hydroxyl groups excluding tert-OH is 1. The average Bonchev–Trinajstić information content (AvgIpc) is 2.69. The van der Waals surface area contributed by atoms with Crippen molar-refractivity contribution >= 4 is 15.7 Å². The maximum Gasteiger partial charge on any atom is 0.231 e. The van der Waals surface area contributed by atoms with E-state index < -0.39 is 16.1 Å². The zero-order valence-corrected chi connectivity index (χ0v) is 17.3. The SMILES string of the molecule is COc1ccccc1CCNC[C@H](O)COc1ccc(N(C)S(C)(=O)=O)cc1. The molecule has 0 aromatic heterocycles. The molecule has 0 amide bonds.